The van der Waals surface area contributed by atoms with Gasteiger partial charge in [-0.05, 0) is 12.8 Å². The fourth-order valence-corrected chi connectivity index (χ4v) is 1.77. The van der Waals surface area contributed by atoms with Crippen LogP contribution in [0.4, 0.5) is 0 Å². The summed E-state index contributed by atoms with van der Waals surface area (Å²) in [6.45, 7) is 10.0. The summed E-state index contributed by atoms with van der Waals surface area (Å²) in [5.74, 6) is -2.11. The summed E-state index contributed by atoms with van der Waals surface area (Å²) < 4.78 is 0. The van der Waals surface area contributed by atoms with Gasteiger partial charge in [0, 0.05) is 18.7 Å². The van der Waals surface area contributed by atoms with E-state index in [-0.39, 0.29) is 11.5 Å². The first-order valence-corrected chi connectivity index (χ1v) is 6.06. The Balaban J connectivity index is 0.000000621. The molecule has 1 heterocycles. The molecule has 6 nitrogen and oxygen atoms in total. The second-order valence-corrected chi connectivity index (χ2v) is 4.12. The highest BCUT2D eigenvalue weighted by atomic mass is 16.4. The van der Waals surface area contributed by atoms with Crippen molar-refractivity contribution in [3.05, 3.63) is 37.6 Å². The second kappa shape index (κ2) is 8.68. The van der Waals surface area contributed by atoms with Crippen LogP contribution in [0.5, 0.6) is 0 Å². The predicted octanol–water partition coefficient (Wildman–Crippen LogP) is 1.80. The monoisotopic (exact) mass is 281 g/mol. The molecule has 1 aliphatic heterocycles. The van der Waals surface area contributed by atoms with Crippen LogP contribution < -0.4 is 0 Å². The molecule has 0 bridgehead atoms. The Morgan fingerprint density at radius 1 is 1.25 bits per heavy atom. The Hall–Kier alpha value is -2.37. The molecule has 1 aliphatic rings. The first-order chi connectivity index (χ1) is 9.34. The van der Waals surface area contributed by atoms with Gasteiger partial charge in [-0.2, -0.15) is 0 Å². The van der Waals surface area contributed by atoms with Crippen LogP contribution in [-0.2, 0) is 14.4 Å². The molecule has 110 valence electrons. The number of carbonyl (C=O) groups excluding carboxylic acids is 1. The Bertz CT molecular complexity index is 427. The molecule has 2 N–H and O–H groups in total. The average molecular weight is 281 g/mol. The van der Waals surface area contributed by atoms with Gasteiger partial charge in [-0.25, -0.2) is 9.59 Å². The minimum Gasteiger partial charge on any atom is -0.478 e. The number of nitrogens with zero attached hydrogens (tertiary/aromatic N) is 1. The summed E-state index contributed by atoms with van der Waals surface area (Å²) in [6, 6.07) is -0.435. The Kier molecular flexibility index (Phi) is 7.65. The molecule has 0 aromatic heterocycles. The summed E-state index contributed by atoms with van der Waals surface area (Å²) >= 11 is 0. The lowest BCUT2D eigenvalue weighted by atomic mass is 10.0. The molecule has 1 fully saturated rings. The number of likely N-dealkylation sites (tertiary alicyclic amines) is 1. The standard InChI is InChI=1S/C11H15NO3.C3H4O2/c1-3-12-9(8(2)11(14)15)6-4-5-7-10(12)13;1-2-3(4)5/h3,9H,1-2,4-7H2,(H,14,15);2H,1H2,(H,4,5). The molecule has 0 aromatic rings. The number of carboxylic acids is 2. The predicted molar refractivity (Wildman–Crippen MR) is 73.9 cm³/mol. The van der Waals surface area contributed by atoms with Gasteiger partial charge in [0.05, 0.1) is 11.6 Å². The van der Waals surface area contributed by atoms with Crippen molar-refractivity contribution in [2.24, 2.45) is 0 Å². The Labute approximate surface area is 117 Å². The van der Waals surface area contributed by atoms with Crippen LogP contribution in [0.2, 0.25) is 0 Å². The van der Waals surface area contributed by atoms with Crippen LogP contribution >= 0.6 is 0 Å². The van der Waals surface area contributed by atoms with E-state index in [1.165, 1.54) is 11.1 Å². The van der Waals surface area contributed by atoms with Crippen LogP contribution in [0.3, 0.4) is 0 Å². The molecule has 0 spiro atoms. The van der Waals surface area contributed by atoms with Gasteiger partial charge in [0.1, 0.15) is 0 Å². The van der Waals surface area contributed by atoms with Crippen molar-refractivity contribution in [3.8, 4) is 0 Å². The smallest absolute Gasteiger partial charge is 0.333 e. The molecule has 20 heavy (non-hydrogen) atoms. The van der Waals surface area contributed by atoms with Crippen LogP contribution in [0.15, 0.2) is 37.6 Å². The van der Waals surface area contributed by atoms with E-state index in [0.29, 0.717) is 12.8 Å². The number of carbonyl (C=O) groups is 3. The molecule has 1 amide bonds. The van der Waals surface area contributed by atoms with Crippen molar-refractivity contribution in [2.75, 3.05) is 0 Å². The van der Waals surface area contributed by atoms with E-state index in [0.717, 1.165) is 18.9 Å². The molecular weight excluding hydrogens is 262 g/mol. The molecule has 0 radical (unpaired) electrons. The molecule has 1 atom stereocenters. The quantitative estimate of drug-likeness (QED) is 0.766. The topological polar surface area (TPSA) is 94.9 Å². The molecule has 0 saturated carbocycles. The van der Waals surface area contributed by atoms with Gasteiger partial charge in [-0.1, -0.05) is 26.2 Å². The van der Waals surface area contributed by atoms with E-state index in [2.05, 4.69) is 19.7 Å². The second-order valence-electron chi connectivity index (χ2n) is 4.12. The van der Waals surface area contributed by atoms with Gasteiger partial charge in [-0.15, -0.1) is 0 Å². The van der Waals surface area contributed by atoms with Gasteiger partial charge < -0.3 is 15.1 Å². The first-order valence-electron chi connectivity index (χ1n) is 6.06. The van der Waals surface area contributed by atoms with Crippen molar-refractivity contribution in [1.29, 1.82) is 0 Å². The number of hydrogen-bond donors (Lipinski definition) is 2. The normalized spacial score (nSPS) is 18.1. The molecular formula is C14H19NO5. The summed E-state index contributed by atoms with van der Waals surface area (Å²) in [5, 5.41) is 16.5. The minimum absolute atomic E-state index is 0.0603. The lowest BCUT2D eigenvalue weighted by Gasteiger charge is -2.26. The van der Waals surface area contributed by atoms with E-state index in [4.69, 9.17) is 10.2 Å². The van der Waals surface area contributed by atoms with Crippen LogP contribution in [0, 0.1) is 0 Å². The molecule has 1 saturated heterocycles. The zero-order chi connectivity index (χ0) is 15.7. The Morgan fingerprint density at radius 2 is 1.80 bits per heavy atom. The van der Waals surface area contributed by atoms with Crippen molar-refractivity contribution in [3.63, 3.8) is 0 Å². The third-order valence-corrected chi connectivity index (χ3v) is 2.79. The van der Waals surface area contributed by atoms with E-state index >= 15 is 0 Å². The first kappa shape index (κ1) is 17.6. The average Bonchev–Trinajstić information content (AvgIpc) is 2.59. The van der Waals surface area contributed by atoms with Crippen molar-refractivity contribution >= 4 is 17.8 Å². The zero-order valence-electron chi connectivity index (χ0n) is 11.2. The van der Waals surface area contributed by atoms with Crippen LogP contribution in [-0.4, -0.2) is 39.0 Å². The maximum Gasteiger partial charge on any atom is 0.333 e. The fraction of sp³-hybridized carbons (Fsp3) is 0.357. The highest BCUT2D eigenvalue weighted by molar-refractivity contribution is 5.89. The summed E-state index contributed by atoms with van der Waals surface area (Å²) in [4.78, 5) is 33.1. The number of hydrogen-bond acceptors (Lipinski definition) is 3. The summed E-state index contributed by atoms with van der Waals surface area (Å²) in [6.07, 6.45) is 4.96. The number of rotatable bonds is 4. The zero-order valence-corrected chi connectivity index (χ0v) is 11.2. The van der Waals surface area contributed by atoms with E-state index < -0.39 is 18.0 Å². The van der Waals surface area contributed by atoms with Gasteiger partial charge in [-0.3, -0.25) is 4.79 Å². The van der Waals surface area contributed by atoms with Gasteiger partial charge in [0.15, 0.2) is 0 Å². The van der Waals surface area contributed by atoms with Crippen molar-refractivity contribution < 1.29 is 24.6 Å². The fourth-order valence-electron chi connectivity index (χ4n) is 1.77. The van der Waals surface area contributed by atoms with Crippen LogP contribution in [0.25, 0.3) is 0 Å². The van der Waals surface area contributed by atoms with Crippen molar-refractivity contribution in [2.45, 2.75) is 31.7 Å². The SMILES string of the molecule is C=CC(=O)O.C=CN1C(=O)CCCCC1C(=C)C(=O)O. The summed E-state index contributed by atoms with van der Waals surface area (Å²) in [7, 11) is 0. The largest absolute Gasteiger partial charge is 0.478 e. The highest BCUT2D eigenvalue weighted by Crippen LogP contribution is 2.22. The highest BCUT2D eigenvalue weighted by Gasteiger charge is 2.28. The van der Waals surface area contributed by atoms with Gasteiger partial charge in [0.25, 0.3) is 0 Å². The maximum atomic E-state index is 11.6. The van der Waals surface area contributed by atoms with Gasteiger partial charge in [0.2, 0.25) is 5.91 Å². The molecule has 6 heteroatoms. The van der Waals surface area contributed by atoms with E-state index in [1.54, 1.807) is 0 Å². The van der Waals surface area contributed by atoms with E-state index in [1.807, 2.05) is 0 Å². The number of aliphatic carboxylic acids is 2. The Morgan fingerprint density at radius 3 is 2.20 bits per heavy atom. The lowest BCUT2D eigenvalue weighted by Crippen LogP contribution is -2.37. The third kappa shape index (κ3) is 5.51. The minimum atomic E-state index is -1.05. The molecule has 1 rings (SSSR count). The third-order valence-electron chi connectivity index (χ3n) is 2.79. The van der Waals surface area contributed by atoms with Crippen molar-refractivity contribution in [1.82, 2.24) is 4.90 Å². The molecule has 1 unspecified atom stereocenters. The van der Waals surface area contributed by atoms with Gasteiger partial charge >= 0.3 is 11.9 Å². The number of carboxylic acid groups (broad SMARTS) is 2. The number of amides is 1. The summed E-state index contributed by atoms with van der Waals surface area (Å²) in [5.41, 5.74) is 0.0603. The maximum absolute atomic E-state index is 11.6. The van der Waals surface area contributed by atoms with Crippen LogP contribution in [0.1, 0.15) is 25.7 Å². The lowest BCUT2D eigenvalue weighted by molar-refractivity contribution is -0.134. The van der Waals surface area contributed by atoms with E-state index in [9.17, 15) is 14.4 Å². The molecule has 0 aliphatic carbocycles. The molecule has 0 aromatic carbocycles.